The summed E-state index contributed by atoms with van der Waals surface area (Å²) >= 11 is 0. The van der Waals surface area contributed by atoms with Crippen LogP contribution in [-0.2, 0) is 9.59 Å². The normalized spacial score (nSPS) is 12.1. The van der Waals surface area contributed by atoms with Crippen LogP contribution in [0.4, 0.5) is 5.82 Å². The Labute approximate surface area is 81.1 Å². The predicted molar refractivity (Wildman–Crippen MR) is 50.8 cm³/mol. The molecule has 0 aliphatic heterocycles. The van der Waals surface area contributed by atoms with E-state index in [1.54, 1.807) is 25.3 Å². The van der Waals surface area contributed by atoms with Gasteiger partial charge in [-0.2, -0.15) is 0 Å². The van der Waals surface area contributed by atoms with Gasteiger partial charge in [0.1, 0.15) is 11.7 Å². The third kappa shape index (κ3) is 2.35. The predicted octanol–water partition coefficient (Wildman–Crippen LogP) is 1.06. The lowest BCUT2D eigenvalue weighted by Gasteiger charge is -2.08. The van der Waals surface area contributed by atoms with Gasteiger partial charge in [-0.05, 0) is 18.6 Å². The van der Waals surface area contributed by atoms with Crippen LogP contribution in [0.15, 0.2) is 18.3 Å². The molecule has 5 heteroatoms. The number of carboxylic acid groups (broad SMARTS) is 1. The molecule has 0 spiro atoms. The van der Waals surface area contributed by atoms with Crippen molar-refractivity contribution in [2.24, 2.45) is 5.92 Å². The second kappa shape index (κ2) is 4.45. The molecule has 1 unspecified atom stereocenters. The van der Waals surface area contributed by atoms with E-state index < -0.39 is 17.8 Å². The van der Waals surface area contributed by atoms with Gasteiger partial charge < -0.3 is 15.4 Å². The van der Waals surface area contributed by atoms with Crippen LogP contribution in [-0.4, -0.2) is 22.0 Å². The number of H-pyrrole nitrogens is 1. The Morgan fingerprint density at radius 2 is 2.36 bits per heavy atom. The van der Waals surface area contributed by atoms with Gasteiger partial charge in [0.05, 0.1) is 0 Å². The van der Waals surface area contributed by atoms with Gasteiger partial charge in [-0.3, -0.25) is 9.59 Å². The van der Waals surface area contributed by atoms with Crippen molar-refractivity contribution in [3.05, 3.63) is 18.3 Å². The summed E-state index contributed by atoms with van der Waals surface area (Å²) in [6, 6.07) is 3.38. The highest BCUT2D eigenvalue weighted by molar-refractivity contribution is 6.03. The monoisotopic (exact) mass is 196 g/mol. The van der Waals surface area contributed by atoms with E-state index in [0.717, 1.165) is 0 Å². The SMILES string of the molecule is CCC(C(=O)O)C(=O)Nc1ccc[nH]1. The summed E-state index contributed by atoms with van der Waals surface area (Å²) in [7, 11) is 0. The van der Waals surface area contributed by atoms with Crippen LogP contribution in [0.2, 0.25) is 0 Å². The molecule has 0 radical (unpaired) electrons. The molecule has 1 aromatic heterocycles. The molecule has 1 atom stereocenters. The number of nitrogens with one attached hydrogen (secondary N) is 2. The Morgan fingerprint density at radius 3 is 2.79 bits per heavy atom. The Balaban J connectivity index is 2.61. The minimum atomic E-state index is -1.10. The molecule has 5 nitrogen and oxygen atoms in total. The first-order chi connectivity index (χ1) is 6.65. The average Bonchev–Trinajstić information content (AvgIpc) is 2.57. The summed E-state index contributed by atoms with van der Waals surface area (Å²) in [4.78, 5) is 24.8. The number of anilines is 1. The van der Waals surface area contributed by atoms with Crippen molar-refractivity contribution in [2.75, 3.05) is 5.32 Å². The molecule has 1 amide bonds. The lowest BCUT2D eigenvalue weighted by Crippen LogP contribution is -2.28. The van der Waals surface area contributed by atoms with E-state index in [2.05, 4.69) is 10.3 Å². The number of hydrogen-bond acceptors (Lipinski definition) is 2. The van der Waals surface area contributed by atoms with Crippen molar-refractivity contribution in [2.45, 2.75) is 13.3 Å². The van der Waals surface area contributed by atoms with Crippen molar-refractivity contribution in [3.63, 3.8) is 0 Å². The van der Waals surface area contributed by atoms with Gasteiger partial charge >= 0.3 is 5.97 Å². The fourth-order valence-corrected chi connectivity index (χ4v) is 1.10. The van der Waals surface area contributed by atoms with Crippen molar-refractivity contribution < 1.29 is 14.7 Å². The first-order valence-corrected chi connectivity index (χ1v) is 4.32. The molecule has 1 rings (SSSR count). The Morgan fingerprint density at radius 1 is 1.64 bits per heavy atom. The fourth-order valence-electron chi connectivity index (χ4n) is 1.10. The van der Waals surface area contributed by atoms with E-state index in [4.69, 9.17) is 5.11 Å². The summed E-state index contributed by atoms with van der Waals surface area (Å²) in [5.41, 5.74) is 0. The zero-order valence-corrected chi connectivity index (χ0v) is 7.78. The molecular weight excluding hydrogens is 184 g/mol. The quantitative estimate of drug-likeness (QED) is 0.630. The molecule has 0 aliphatic carbocycles. The van der Waals surface area contributed by atoms with Crippen LogP contribution < -0.4 is 5.32 Å². The van der Waals surface area contributed by atoms with Gasteiger partial charge in [-0.1, -0.05) is 6.92 Å². The molecule has 0 fully saturated rings. The number of aromatic nitrogens is 1. The smallest absolute Gasteiger partial charge is 0.316 e. The number of aliphatic carboxylic acids is 1. The highest BCUT2D eigenvalue weighted by Gasteiger charge is 2.23. The number of carbonyl (C=O) groups excluding carboxylic acids is 1. The van der Waals surface area contributed by atoms with Crippen LogP contribution in [0.5, 0.6) is 0 Å². The summed E-state index contributed by atoms with van der Waals surface area (Å²) in [5, 5.41) is 11.2. The van der Waals surface area contributed by atoms with Crippen LogP contribution in [0.1, 0.15) is 13.3 Å². The van der Waals surface area contributed by atoms with Gasteiger partial charge in [0.2, 0.25) is 5.91 Å². The van der Waals surface area contributed by atoms with Crippen LogP contribution >= 0.6 is 0 Å². The molecule has 3 N–H and O–H groups in total. The third-order valence-corrected chi connectivity index (χ3v) is 1.88. The second-order valence-corrected chi connectivity index (χ2v) is 2.87. The number of hydrogen-bond donors (Lipinski definition) is 3. The van der Waals surface area contributed by atoms with Crippen molar-refractivity contribution in [1.82, 2.24) is 4.98 Å². The van der Waals surface area contributed by atoms with E-state index in [1.807, 2.05) is 0 Å². The zero-order chi connectivity index (χ0) is 10.6. The molecule has 76 valence electrons. The standard InChI is InChI=1S/C9H12N2O3/c1-2-6(9(13)14)8(12)11-7-4-3-5-10-7/h3-6,10H,2H2,1H3,(H,11,12)(H,13,14). The zero-order valence-electron chi connectivity index (χ0n) is 7.78. The topological polar surface area (TPSA) is 82.2 Å². The third-order valence-electron chi connectivity index (χ3n) is 1.88. The highest BCUT2D eigenvalue weighted by atomic mass is 16.4. The molecule has 0 saturated heterocycles. The number of carboxylic acids is 1. The molecule has 0 aromatic carbocycles. The largest absolute Gasteiger partial charge is 0.481 e. The molecule has 14 heavy (non-hydrogen) atoms. The summed E-state index contributed by atoms with van der Waals surface area (Å²) in [5.74, 6) is -2.08. The van der Waals surface area contributed by atoms with Gasteiger partial charge in [0.15, 0.2) is 0 Å². The maximum atomic E-state index is 11.4. The van der Waals surface area contributed by atoms with E-state index in [-0.39, 0.29) is 6.42 Å². The Kier molecular flexibility index (Phi) is 3.28. The number of amides is 1. The van der Waals surface area contributed by atoms with Gasteiger partial charge in [-0.15, -0.1) is 0 Å². The van der Waals surface area contributed by atoms with Crippen molar-refractivity contribution >= 4 is 17.7 Å². The first-order valence-electron chi connectivity index (χ1n) is 4.32. The van der Waals surface area contributed by atoms with E-state index >= 15 is 0 Å². The minimum absolute atomic E-state index is 0.280. The van der Waals surface area contributed by atoms with Gasteiger partial charge in [0, 0.05) is 6.20 Å². The van der Waals surface area contributed by atoms with Crippen LogP contribution in [0.3, 0.4) is 0 Å². The van der Waals surface area contributed by atoms with E-state index in [0.29, 0.717) is 5.82 Å². The van der Waals surface area contributed by atoms with Crippen molar-refractivity contribution in [1.29, 1.82) is 0 Å². The van der Waals surface area contributed by atoms with E-state index in [9.17, 15) is 9.59 Å². The average molecular weight is 196 g/mol. The van der Waals surface area contributed by atoms with Crippen LogP contribution in [0.25, 0.3) is 0 Å². The number of aromatic amines is 1. The maximum absolute atomic E-state index is 11.4. The highest BCUT2D eigenvalue weighted by Crippen LogP contribution is 2.08. The second-order valence-electron chi connectivity index (χ2n) is 2.87. The Hall–Kier alpha value is -1.78. The first kappa shape index (κ1) is 10.3. The summed E-state index contributed by atoms with van der Waals surface area (Å²) in [6.07, 6.45) is 1.93. The van der Waals surface area contributed by atoms with Crippen molar-refractivity contribution in [3.8, 4) is 0 Å². The number of carbonyl (C=O) groups is 2. The lowest BCUT2D eigenvalue weighted by atomic mass is 10.1. The molecular formula is C9H12N2O3. The molecule has 0 saturated carbocycles. The lowest BCUT2D eigenvalue weighted by molar-refractivity contribution is -0.145. The fraction of sp³-hybridized carbons (Fsp3) is 0.333. The summed E-state index contributed by atoms with van der Waals surface area (Å²) < 4.78 is 0. The molecule has 1 aromatic rings. The minimum Gasteiger partial charge on any atom is -0.481 e. The molecule has 1 heterocycles. The van der Waals surface area contributed by atoms with Gasteiger partial charge in [0.25, 0.3) is 0 Å². The molecule has 0 aliphatic rings. The maximum Gasteiger partial charge on any atom is 0.316 e. The van der Waals surface area contributed by atoms with Gasteiger partial charge in [-0.25, -0.2) is 0 Å². The summed E-state index contributed by atoms with van der Waals surface area (Å²) in [6.45, 7) is 1.66. The van der Waals surface area contributed by atoms with Crippen LogP contribution in [0, 0.1) is 5.92 Å². The molecule has 0 bridgehead atoms. The number of rotatable bonds is 4. The Bertz CT molecular complexity index is 319. The van der Waals surface area contributed by atoms with E-state index in [1.165, 1.54) is 0 Å².